The Kier molecular flexibility index (Phi) is 7.80. The summed E-state index contributed by atoms with van der Waals surface area (Å²) < 4.78 is 26.1. The second kappa shape index (κ2) is 11.0. The van der Waals surface area contributed by atoms with Gasteiger partial charge in [-0.05, 0) is 116 Å². The Morgan fingerprint density at radius 2 is 1.70 bits per heavy atom. The molecule has 0 aromatic heterocycles. The summed E-state index contributed by atoms with van der Waals surface area (Å²) in [6.07, 6.45) is 9.18. The van der Waals surface area contributed by atoms with Crippen LogP contribution >= 0.6 is 0 Å². The van der Waals surface area contributed by atoms with Gasteiger partial charge in [-0.3, -0.25) is 4.90 Å². The van der Waals surface area contributed by atoms with Crippen LogP contribution in [0.1, 0.15) is 106 Å². The number of likely N-dealkylation sites (tertiary alicyclic amines) is 1. The van der Waals surface area contributed by atoms with Gasteiger partial charge >= 0.3 is 6.09 Å². The summed E-state index contributed by atoms with van der Waals surface area (Å²) in [5.41, 5.74) is 0.607. The number of rotatable bonds is 5. The highest BCUT2D eigenvalue weighted by molar-refractivity contribution is 5.68. The molecule has 4 unspecified atom stereocenters. The lowest BCUT2D eigenvalue weighted by Gasteiger charge is -2.64. The number of nitrogens with zero attached hydrogens (tertiary/aromatic N) is 2. The summed E-state index contributed by atoms with van der Waals surface area (Å²) >= 11 is 0. The van der Waals surface area contributed by atoms with Crippen LogP contribution in [0.3, 0.4) is 0 Å². The van der Waals surface area contributed by atoms with E-state index in [4.69, 9.17) is 18.9 Å². The normalized spacial score (nSPS) is 52.3. The number of amides is 1. The summed E-state index contributed by atoms with van der Waals surface area (Å²) in [6, 6.07) is 0. The maximum atomic E-state index is 12.9. The number of aliphatic hydroxyl groups excluding tert-OH is 1. The topological polar surface area (TPSA) is 80.7 Å². The van der Waals surface area contributed by atoms with E-state index < -0.39 is 6.10 Å². The molecule has 8 aliphatic rings. The molecule has 1 N–H and O–H groups in total. The number of likely N-dealkylation sites (N-methyl/N-ethyl adjacent to an activating group) is 1. The van der Waals surface area contributed by atoms with Gasteiger partial charge in [-0.15, -0.1) is 0 Å². The Morgan fingerprint density at radius 1 is 0.979 bits per heavy atom. The third-order valence-electron chi connectivity index (χ3n) is 16.7. The molecule has 0 aromatic rings. The van der Waals surface area contributed by atoms with E-state index in [0.29, 0.717) is 34.5 Å². The first-order valence-electron chi connectivity index (χ1n) is 19.4. The zero-order chi connectivity index (χ0) is 33.3. The lowest BCUT2D eigenvalue weighted by atomic mass is 9.41. The Bertz CT molecular complexity index is 1240. The number of carbonyl (C=O) groups excluding carboxylic acids is 1. The molecule has 3 saturated heterocycles. The Morgan fingerprint density at radius 3 is 2.38 bits per heavy atom. The molecule has 3 heterocycles. The standard InChI is InChI=1S/C39H64N2O6/c1-23(2)31(47-34(43)41-16-9-17-41)25-20-24(3)30-32(45-25)33(42)37(7)27-11-10-26-35(4,5)28(46-29-21-40(8)18-19-44-29)12-13-38(26)22-39(27,38)15-14-36(30,37)6/h23-33,42H,9-22H2,1-8H3/t24-,25?,26+,27?,28?,29+,30+,31-,32?,33+,36-,37-,38-,39+/m1/s1. The molecule has 14 atom stereocenters. The molecular formula is C39H64N2O6. The van der Waals surface area contributed by atoms with Gasteiger partial charge in [-0.1, -0.05) is 48.5 Å². The van der Waals surface area contributed by atoms with Gasteiger partial charge in [-0.25, -0.2) is 4.79 Å². The summed E-state index contributed by atoms with van der Waals surface area (Å²) in [5.74, 6) is 2.02. The number of carbonyl (C=O) groups is 1. The molecule has 47 heavy (non-hydrogen) atoms. The SMILES string of the molecule is CC(C)[C@@H](OC(=O)N1CCC1)C1C[C@@H](C)[C@H]2C(O1)[C@H](O)[C@@]1(C)C3CC[C@H]4C(C)(C)C(O[C@H]5CN(C)CCO5)CC[C@@]45C[C@@]35CC[C@]21C. The first-order chi connectivity index (χ1) is 22.2. The number of aliphatic hydroxyl groups is 1. The summed E-state index contributed by atoms with van der Waals surface area (Å²) in [4.78, 5) is 17.1. The molecule has 3 aliphatic heterocycles. The first-order valence-corrected chi connectivity index (χ1v) is 19.4. The molecule has 5 saturated carbocycles. The maximum absolute atomic E-state index is 12.9. The molecule has 0 radical (unpaired) electrons. The molecule has 8 fully saturated rings. The number of morpholine rings is 1. The van der Waals surface area contributed by atoms with Gasteiger partial charge in [0, 0.05) is 31.6 Å². The van der Waals surface area contributed by atoms with Crippen LogP contribution in [0.15, 0.2) is 0 Å². The van der Waals surface area contributed by atoms with Crippen molar-refractivity contribution in [3.63, 3.8) is 0 Å². The average Bonchev–Trinajstić information content (AvgIpc) is 3.61. The molecule has 1 amide bonds. The van der Waals surface area contributed by atoms with Gasteiger partial charge in [0.1, 0.15) is 6.10 Å². The van der Waals surface area contributed by atoms with Gasteiger partial charge in [0.25, 0.3) is 0 Å². The minimum atomic E-state index is -0.508. The minimum Gasteiger partial charge on any atom is -0.443 e. The summed E-state index contributed by atoms with van der Waals surface area (Å²) in [5, 5.41) is 12.7. The van der Waals surface area contributed by atoms with E-state index in [1.807, 2.05) is 0 Å². The van der Waals surface area contributed by atoms with E-state index in [0.717, 1.165) is 52.0 Å². The molecule has 266 valence electrons. The van der Waals surface area contributed by atoms with Crippen molar-refractivity contribution >= 4 is 6.09 Å². The zero-order valence-corrected chi connectivity index (χ0v) is 30.6. The van der Waals surface area contributed by atoms with Gasteiger partial charge in [0.2, 0.25) is 0 Å². The van der Waals surface area contributed by atoms with Crippen LogP contribution in [0.25, 0.3) is 0 Å². The number of fused-ring (bicyclic) bond motifs is 4. The summed E-state index contributed by atoms with van der Waals surface area (Å²) in [7, 11) is 2.16. The molecule has 8 nitrogen and oxygen atoms in total. The van der Waals surface area contributed by atoms with Crippen molar-refractivity contribution in [2.24, 2.45) is 56.7 Å². The van der Waals surface area contributed by atoms with Crippen LogP contribution < -0.4 is 0 Å². The second-order valence-electron chi connectivity index (χ2n) is 19.2. The molecular weight excluding hydrogens is 592 g/mol. The van der Waals surface area contributed by atoms with Crippen molar-refractivity contribution in [3.05, 3.63) is 0 Å². The lowest BCUT2D eigenvalue weighted by Crippen LogP contribution is -2.60. The highest BCUT2D eigenvalue weighted by atomic mass is 16.7. The molecule has 2 spiro atoms. The number of hydrogen-bond acceptors (Lipinski definition) is 7. The van der Waals surface area contributed by atoms with Gasteiger partial charge in [0.05, 0.1) is 31.0 Å². The highest BCUT2D eigenvalue weighted by Gasteiger charge is 2.84. The highest BCUT2D eigenvalue weighted by Crippen LogP contribution is 2.89. The van der Waals surface area contributed by atoms with Gasteiger partial charge < -0.3 is 29.0 Å². The lowest BCUT2D eigenvalue weighted by molar-refractivity contribution is -0.247. The van der Waals surface area contributed by atoms with Crippen LogP contribution in [0.5, 0.6) is 0 Å². The van der Waals surface area contributed by atoms with Gasteiger partial charge in [0.15, 0.2) is 6.29 Å². The Labute approximate surface area is 283 Å². The van der Waals surface area contributed by atoms with E-state index in [1.54, 1.807) is 4.90 Å². The van der Waals surface area contributed by atoms with Crippen molar-refractivity contribution in [3.8, 4) is 0 Å². The Hall–Kier alpha value is -0.930. The fraction of sp³-hybridized carbons (Fsp3) is 0.974. The zero-order valence-electron chi connectivity index (χ0n) is 30.6. The predicted octanol–water partition coefficient (Wildman–Crippen LogP) is 6.34. The predicted molar refractivity (Wildman–Crippen MR) is 180 cm³/mol. The van der Waals surface area contributed by atoms with Crippen LogP contribution in [0, 0.1) is 56.7 Å². The van der Waals surface area contributed by atoms with E-state index in [9.17, 15) is 9.90 Å². The average molecular weight is 657 g/mol. The molecule has 0 aromatic carbocycles. The van der Waals surface area contributed by atoms with Crippen molar-refractivity contribution in [1.29, 1.82) is 0 Å². The van der Waals surface area contributed by atoms with Crippen molar-refractivity contribution in [2.45, 2.75) is 143 Å². The molecule has 8 rings (SSSR count). The molecule has 5 aliphatic carbocycles. The number of ether oxygens (including phenoxy) is 4. The van der Waals surface area contributed by atoms with Crippen LogP contribution in [0.2, 0.25) is 0 Å². The second-order valence-corrected chi connectivity index (χ2v) is 19.2. The minimum absolute atomic E-state index is 0.0236. The summed E-state index contributed by atoms with van der Waals surface area (Å²) in [6.45, 7) is 20.8. The van der Waals surface area contributed by atoms with Crippen LogP contribution in [-0.4, -0.2) is 97.6 Å². The first kappa shape index (κ1) is 33.2. The van der Waals surface area contributed by atoms with Crippen LogP contribution in [-0.2, 0) is 18.9 Å². The van der Waals surface area contributed by atoms with Crippen LogP contribution in [0.4, 0.5) is 4.79 Å². The fourth-order valence-electron chi connectivity index (χ4n) is 14.1. The monoisotopic (exact) mass is 656 g/mol. The van der Waals surface area contributed by atoms with E-state index in [2.05, 4.69) is 60.4 Å². The largest absolute Gasteiger partial charge is 0.443 e. The molecule has 8 heteroatoms. The smallest absolute Gasteiger partial charge is 0.410 e. The van der Waals surface area contributed by atoms with Crippen molar-refractivity contribution in [1.82, 2.24) is 9.80 Å². The molecule has 0 bridgehead atoms. The third-order valence-corrected chi connectivity index (χ3v) is 16.7. The Balaban J connectivity index is 1.03. The van der Waals surface area contributed by atoms with Crippen molar-refractivity contribution < 1.29 is 28.8 Å². The number of hydrogen-bond donors (Lipinski definition) is 1. The van der Waals surface area contributed by atoms with Gasteiger partial charge in [-0.2, -0.15) is 0 Å². The van der Waals surface area contributed by atoms with E-state index >= 15 is 0 Å². The third kappa shape index (κ3) is 4.45. The quantitative estimate of drug-likeness (QED) is 0.370. The van der Waals surface area contributed by atoms with E-state index in [1.165, 1.54) is 38.5 Å². The van der Waals surface area contributed by atoms with E-state index in [-0.39, 0.29) is 59.0 Å². The fourth-order valence-corrected chi connectivity index (χ4v) is 14.1. The maximum Gasteiger partial charge on any atom is 0.410 e. The van der Waals surface area contributed by atoms with Crippen molar-refractivity contribution in [2.75, 3.05) is 39.8 Å².